The first-order chi connectivity index (χ1) is 10.1. The molecule has 0 unspecified atom stereocenters. The van der Waals surface area contributed by atoms with Gasteiger partial charge in [-0.3, -0.25) is 9.59 Å². The molecule has 108 valence electrons. The van der Waals surface area contributed by atoms with Crippen molar-refractivity contribution in [1.82, 2.24) is 5.32 Å². The molecule has 2 amide bonds. The predicted molar refractivity (Wildman–Crippen MR) is 79.0 cm³/mol. The summed E-state index contributed by atoms with van der Waals surface area (Å²) in [7, 11) is 0. The Balaban J connectivity index is 2.15. The summed E-state index contributed by atoms with van der Waals surface area (Å²) in [5, 5.41) is 2.73. The van der Waals surface area contributed by atoms with Crippen LogP contribution in [0.2, 0.25) is 0 Å². The van der Waals surface area contributed by atoms with Crippen LogP contribution in [0.5, 0.6) is 11.5 Å². The second-order valence-electron chi connectivity index (χ2n) is 4.51. The molecule has 0 atom stereocenters. The fourth-order valence-corrected chi connectivity index (χ4v) is 1.78. The molecule has 2 aromatic rings. The average molecular weight is 284 g/mol. The monoisotopic (exact) mass is 284 g/mol. The molecule has 0 aliphatic carbocycles. The molecule has 0 aliphatic heterocycles. The van der Waals surface area contributed by atoms with Crippen molar-refractivity contribution >= 4 is 11.8 Å². The summed E-state index contributed by atoms with van der Waals surface area (Å²) in [5.41, 5.74) is 6.48. The predicted octanol–water partition coefficient (Wildman–Crippen LogP) is 2.21. The van der Waals surface area contributed by atoms with Crippen molar-refractivity contribution < 1.29 is 14.3 Å². The highest BCUT2D eigenvalue weighted by Crippen LogP contribution is 2.25. The zero-order chi connectivity index (χ0) is 15.2. The van der Waals surface area contributed by atoms with Gasteiger partial charge >= 0.3 is 0 Å². The lowest BCUT2D eigenvalue weighted by Crippen LogP contribution is -2.19. The van der Waals surface area contributed by atoms with Crippen molar-refractivity contribution in [2.45, 2.75) is 13.5 Å². The summed E-state index contributed by atoms with van der Waals surface area (Å²) >= 11 is 0. The summed E-state index contributed by atoms with van der Waals surface area (Å²) in [6.07, 6.45) is 0. The Morgan fingerprint density at radius 3 is 2.38 bits per heavy atom. The molecule has 3 N–H and O–H groups in total. The highest BCUT2D eigenvalue weighted by molar-refractivity contribution is 5.92. The van der Waals surface area contributed by atoms with E-state index in [9.17, 15) is 9.59 Å². The number of primary amides is 1. The van der Waals surface area contributed by atoms with Gasteiger partial charge in [0.25, 0.3) is 0 Å². The second kappa shape index (κ2) is 6.56. The van der Waals surface area contributed by atoms with E-state index in [0.717, 1.165) is 5.56 Å². The van der Waals surface area contributed by atoms with Crippen LogP contribution in [0.25, 0.3) is 0 Å². The maximum atomic E-state index is 11.0. The highest BCUT2D eigenvalue weighted by Gasteiger charge is 2.06. The number of benzene rings is 2. The summed E-state index contributed by atoms with van der Waals surface area (Å²) in [5.74, 6) is 0.663. The number of rotatable bonds is 5. The molecule has 2 rings (SSSR count). The van der Waals surface area contributed by atoms with Gasteiger partial charge in [-0.05, 0) is 30.3 Å². The van der Waals surface area contributed by atoms with Gasteiger partial charge in [-0.25, -0.2) is 0 Å². The molecule has 21 heavy (non-hydrogen) atoms. The van der Waals surface area contributed by atoms with E-state index in [4.69, 9.17) is 10.5 Å². The average Bonchev–Trinajstić information content (AvgIpc) is 2.47. The lowest BCUT2D eigenvalue weighted by Gasteiger charge is -2.11. The largest absolute Gasteiger partial charge is 0.457 e. The molecule has 0 aliphatic rings. The van der Waals surface area contributed by atoms with Gasteiger partial charge in [0.05, 0.1) is 0 Å². The number of amides is 2. The zero-order valence-electron chi connectivity index (χ0n) is 11.6. The van der Waals surface area contributed by atoms with E-state index >= 15 is 0 Å². The molecule has 0 fully saturated rings. The molecule has 5 heteroatoms. The van der Waals surface area contributed by atoms with E-state index in [-0.39, 0.29) is 5.91 Å². The maximum Gasteiger partial charge on any atom is 0.248 e. The number of ether oxygens (including phenoxy) is 1. The Labute approximate surface area is 122 Å². The number of nitrogens with two attached hydrogens (primary N) is 1. The van der Waals surface area contributed by atoms with Gasteiger partial charge in [-0.1, -0.05) is 18.2 Å². The van der Waals surface area contributed by atoms with Crippen molar-refractivity contribution in [2.24, 2.45) is 5.73 Å². The maximum absolute atomic E-state index is 11.0. The minimum Gasteiger partial charge on any atom is -0.457 e. The third-order valence-corrected chi connectivity index (χ3v) is 2.87. The van der Waals surface area contributed by atoms with Gasteiger partial charge in [0.1, 0.15) is 11.5 Å². The number of hydrogen-bond donors (Lipinski definition) is 2. The van der Waals surface area contributed by atoms with Gasteiger partial charge in [0, 0.05) is 24.6 Å². The number of nitrogens with one attached hydrogen (secondary N) is 1. The fourth-order valence-electron chi connectivity index (χ4n) is 1.78. The van der Waals surface area contributed by atoms with Gasteiger partial charge in [-0.15, -0.1) is 0 Å². The summed E-state index contributed by atoms with van der Waals surface area (Å²) in [4.78, 5) is 22.0. The summed E-state index contributed by atoms with van der Waals surface area (Å²) < 4.78 is 5.77. The first-order valence-electron chi connectivity index (χ1n) is 6.46. The van der Waals surface area contributed by atoms with E-state index in [1.165, 1.54) is 6.92 Å². The standard InChI is InChI=1S/C16H16N2O3/c1-11(19)18-10-13-4-2-3-5-15(13)21-14-8-6-12(7-9-14)16(17)20/h2-9H,10H2,1H3,(H2,17,20)(H,18,19). The van der Waals surface area contributed by atoms with E-state index in [0.29, 0.717) is 23.6 Å². The molecule has 2 aromatic carbocycles. The van der Waals surface area contributed by atoms with Crippen molar-refractivity contribution in [3.8, 4) is 11.5 Å². The minimum atomic E-state index is -0.479. The van der Waals surface area contributed by atoms with Crippen LogP contribution in [0, 0.1) is 0 Å². The fraction of sp³-hybridized carbons (Fsp3) is 0.125. The lowest BCUT2D eigenvalue weighted by atomic mass is 10.2. The topological polar surface area (TPSA) is 81.4 Å². The van der Waals surface area contributed by atoms with Crippen LogP contribution in [0.15, 0.2) is 48.5 Å². The molecule has 0 radical (unpaired) electrons. The molecule has 0 bridgehead atoms. The van der Waals surface area contributed by atoms with Gasteiger partial charge in [0.15, 0.2) is 0 Å². The van der Waals surface area contributed by atoms with E-state index in [2.05, 4.69) is 5.32 Å². The van der Waals surface area contributed by atoms with Crippen LogP contribution >= 0.6 is 0 Å². The first-order valence-corrected chi connectivity index (χ1v) is 6.46. The van der Waals surface area contributed by atoms with Crippen molar-refractivity contribution in [3.05, 3.63) is 59.7 Å². The molecule has 0 aromatic heterocycles. The lowest BCUT2D eigenvalue weighted by molar-refractivity contribution is -0.119. The van der Waals surface area contributed by atoms with Crippen LogP contribution in [-0.2, 0) is 11.3 Å². The first kappa shape index (κ1) is 14.6. The quantitative estimate of drug-likeness (QED) is 0.883. The molecule has 0 heterocycles. The van der Waals surface area contributed by atoms with Crippen molar-refractivity contribution in [3.63, 3.8) is 0 Å². The van der Waals surface area contributed by atoms with Gasteiger partial charge < -0.3 is 15.8 Å². The molecule has 0 spiro atoms. The Morgan fingerprint density at radius 2 is 1.76 bits per heavy atom. The Hall–Kier alpha value is -2.82. The van der Waals surface area contributed by atoms with Gasteiger partial charge in [-0.2, -0.15) is 0 Å². The Kier molecular flexibility index (Phi) is 4.56. The Bertz CT molecular complexity index is 651. The smallest absolute Gasteiger partial charge is 0.248 e. The third kappa shape index (κ3) is 4.07. The van der Waals surface area contributed by atoms with Crippen molar-refractivity contribution in [1.29, 1.82) is 0 Å². The van der Waals surface area contributed by atoms with E-state index < -0.39 is 5.91 Å². The minimum absolute atomic E-state index is 0.101. The van der Waals surface area contributed by atoms with E-state index in [1.807, 2.05) is 24.3 Å². The molecule has 5 nitrogen and oxygen atoms in total. The normalized spacial score (nSPS) is 9.95. The zero-order valence-corrected chi connectivity index (χ0v) is 11.6. The summed E-state index contributed by atoms with van der Waals surface area (Å²) in [6.45, 7) is 1.86. The summed E-state index contributed by atoms with van der Waals surface area (Å²) in [6, 6.07) is 14.0. The Morgan fingerprint density at radius 1 is 1.10 bits per heavy atom. The number of carbonyl (C=O) groups excluding carboxylic acids is 2. The molecular weight excluding hydrogens is 268 g/mol. The van der Waals surface area contributed by atoms with Gasteiger partial charge in [0.2, 0.25) is 11.8 Å². The van der Waals surface area contributed by atoms with Crippen LogP contribution in [0.3, 0.4) is 0 Å². The van der Waals surface area contributed by atoms with Crippen LogP contribution in [0.1, 0.15) is 22.8 Å². The second-order valence-corrected chi connectivity index (χ2v) is 4.51. The van der Waals surface area contributed by atoms with Crippen LogP contribution < -0.4 is 15.8 Å². The third-order valence-electron chi connectivity index (χ3n) is 2.87. The number of para-hydroxylation sites is 1. The number of hydrogen-bond acceptors (Lipinski definition) is 3. The van der Waals surface area contributed by atoms with E-state index in [1.54, 1.807) is 24.3 Å². The van der Waals surface area contributed by atoms with Crippen LogP contribution in [-0.4, -0.2) is 11.8 Å². The highest BCUT2D eigenvalue weighted by atomic mass is 16.5. The SMILES string of the molecule is CC(=O)NCc1ccccc1Oc1ccc(C(N)=O)cc1. The molecule has 0 saturated carbocycles. The molecule has 0 saturated heterocycles. The van der Waals surface area contributed by atoms with Crippen LogP contribution in [0.4, 0.5) is 0 Å². The van der Waals surface area contributed by atoms with Crippen molar-refractivity contribution in [2.75, 3.05) is 0 Å². The molecular formula is C16H16N2O3. The number of carbonyl (C=O) groups is 2.